The first-order valence-corrected chi connectivity index (χ1v) is 11.7. The number of nitrogens with one attached hydrogen (secondary N) is 3. The van der Waals surface area contributed by atoms with Crippen molar-refractivity contribution >= 4 is 29.2 Å². The number of benzene rings is 1. The molecule has 8 nitrogen and oxygen atoms in total. The van der Waals surface area contributed by atoms with E-state index in [1.165, 1.54) is 6.42 Å². The van der Waals surface area contributed by atoms with Crippen LogP contribution in [0.4, 0.5) is 10.5 Å². The lowest BCUT2D eigenvalue weighted by atomic mass is 9.88. The van der Waals surface area contributed by atoms with Crippen molar-refractivity contribution in [3.63, 3.8) is 0 Å². The van der Waals surface area contributed by atoms with E-state index in [-0.39, 0.29) is 23.9 Å². The Balaban J connectivity index is 1.42. The van der Waals surface area contributed by atoms with Crippen LogP contribution in [0.3, 0.4) is 0 Å². The molecule has 2 aromatic rings. The smallest absolute Gasteiger partial charge is 0.319 e. The van der Waals surface area contributed by atoms with Gasteiger partial charge in [0.2, 0.25) is 5.91 Å². The van der Waals surface area contributed by atoms with E-state index in [1.807, 2.05) is 12.1 Å². The molecule has 1 saturated heterocycles. The standard InChI is InChI=1S/C24H30ClN5O3/c1-33-19-9-10-21(26-13-19)20-14-30(15-23(31)27-17-3-2-4-17)12-11-22(20)29-24(32)28-18-7-5-16(25)6-8-18/h5-10,13,17,20,22H,2-4,11-12,14-15H2,1H3,(H,27,31)(H2,28,29,32)/t20-,22+/m0/s1. The molecule has 33 heavy (non-hydrogen) atoms. The summed E-state index contributed by atoms with van der Waals surface area (Å²) in [5.74, 6) is 0.682. The highest BCUT2D eigenvalue weighted by atomic mass is 35.5. The molecule has 2 fully saturated rings. The van der Waals surface area contributed by atoms with Crippen LogP contribution in [0.25, 0.3) is 0 Å². The lowest BCUT2D eigenvalue weighted by Crippen LogP contribution is -2.53. The number of piperidine rings is 1. The maximum Gasteiger partial charge on any atom is 0.319 e. The number of amides is 3. The van der Waals surface area contributed by atoms with Crippen molar-refractivity contribution in [3.05, 3.63) is 53.3 Å². The molecule has 0 unspecified atom stereocenters. The number of carbonyl (C=O) groups is 2. The second-order valence-corrected chi connectivity index (χ2v) is 9.10. The number of hydrogen-bond acceptors (Lipinski definition) is 5. The maximum atomic E-state index is 12.7. The summed E-state index contributed by atoms with van der Waals surface area (Å²) in [6.45, 7) is 1.70. The van der Waals surface area contributed by atoms with Gasteiger partial charge >= 0.3 is 6.03 Å². The van der Waals surface area contributed by atoms with E-state index < -0.39 is 0 Å². The van der Waals surface area contributed by atoms with Crippen molar-refractivity contribution in [3.8, 4) is 5.75 Å². The van der Waals surface area contributed by atoms with Gasteiger partial charge in [-0.25, -0.2) is 4.79 Å². The van der Waals surface area contributed by atoms with E-state index in [4.69, 9.17) is 16.3 Å². The van der Waals surface area contributed by atoms with Crippen molar-refractivity contribution in [1.82, 2.24) is 20.5 Å². The normalized spacial score (nSPS) is 21.0. The Hall–Kier alpha value is -2.84. The largest absolute Gasteiger partial charge is 0.495 e. The fourth-order valence-electron chi connectivity index (χ4n) is 4.27. The minimum Gasteiger partial charge on any atom is -0.495 e. The zero-order valence-corrected chi connectivity index (χ0v) is 19.5. The van der Waals surface area contributed by atoms with Gasteiger partial charge < -0.3 is 20.7 Å². The molecule has 0 radical (unpaired) electrons. The summed E-state index contributed by atoms with van der Waals surface area (Å²) in [5.41, 5.74) is 1.53. The van der Waals surface area contributed by atoms with E-state index in [0.29, 0.717) is 42.0 Å². The van der Waals surface area contributed by atoms with E-state index in [0.717, 1.165) is 25.1 Å². The van der Waals surface area contributed by atoms with Crippen LogP contribution in [-0.2, 0) is 4.79 Å². The quantitative estimate of drug-likeness (QED) is 0.575. The molecule has 3 N–H and O–H groups in total. The first-order valence-electron chi connectivity index (χ1n) is 11.3. The lowest BCUT2D eigenvalue weighted by Gasteiger charge is -2.38. The summed E-state index contributed by atoms with van der Waals surface area (Å²) in [6, 6.07) is 10.7. The van der Waals surface area contributed by atoms with E-state index >= 15 is 0 Å². The Kier molecular flexibility index (Phi) is 7.67. The summed E-state index contributed by atoms with van der Waals surface area (Å²) in [5, 5.41) is 9.68. The van der Waals surface area contributed by atoms with Crippen LogP contribution in [0, 0.1) is 0 Å². The zero-order valence-electron chi connectivity index (χ0n) is 18.7. The number of anilines is 1. The van der Waals surface area contributed by atoms with Gasteiger partial charge in [-0.1, -0.05) is 11.6 Å². The third kappa shape index (κ3) is 6.36. The number of pyridine rings is 1. The number of aromatic nitrogens is 1. The van der Waals surface area contributed by atoms with Crippen molar-refractivity contribution in [1.29, 1.82) is 0 Å². The fraction of sp³-hybridized carbons (Fsp3) is 0.458. The molecule has 2 heterocycles. The highest BCUT2D eigenvalue weighted by Gasteiger charge is 2.33. The van der Waals surface area contributed by atoms with Crippen molar-refractivity contribution in [2.75, 3.05) is 32.1 Å². The summed E-state index contributed by atoms with van der Waals surface area (Å²) in [4.78, 5) is 31.9. The fourth-order valence-corrected chi connectivity index (χ4v) is 4.39. The molecular formula is C24H30ClN5O3. The topological polar surface area (TPSA) is 95.6 Å². The number of methoxy groups -OCH3 is 1. The number of nitrogens with zero attached hydrogens (tertiary/aromatic N) is 2. The summed E-state index contributed by atoms with van der Waals surface area (Å²) >= 11 is 5.92. The van der Waals surface area contributed by atoms with Gasteiger partial charge in [0.05, 0.1) is 19.9 Å². The molecular weight excluding hydrogens is 442 g/mol. The zero-order chi connectivity index (χ0) is 23.2. The van der Waals surface area contributed by atoms with Crippen LogP contribution in [0.2, 0.25) is 5.02 Å². The van der Waals surface area contributed by atoms with Gasteiger partial charge in [-0.3, -0.25) is 14.7 Å². The first-order chi connectivity index (χ1) is 16.0. The second-order valence-electron chi connectivity index (χ2n) is 8.66. The average molecular weight is 472 g/mol. The van der Waals surface area contributed by atoms with Crippen LogP contribution >= 0.6 is 11.6 Å². The molecule has 1 aromatic heterocycles. The van der Waals surface area contributed by atoms with Crippen LogP contribution in [0.5, 0.6) is 5.75 Å². The summed E-state index contributed by atoms with van der Waals surface area (Å²) in [7, 11) is 1.60. The van der Waals surface area contributed by atoms with Gasteiger partial charge in [-0.15, -0.1) is 0 Å². The van der Waals surface area contributed by atoms with Crippen molar-refractivity contribution in [2.24, 2.45) is 0 Å². The molecule has 4 rings (SSSR count). The predicted octanol–water partition coefficient (Wildman–Crippen LogP) is 3.39. The highest BCUT2D eigenvalue weighted by molar-refractivity contribution is 6.30. The molecule has 2 atom stereocenters. The number of urea groups is 1. The summed E-state index contributed by atoms with van der Waals surface area (Å²) in [6.07, 6.45) is 5.72. The van der Waals surface area contributed by atoms with Gasteiger partial charge in [-0.2, -0.15) is 0 Å². The Morgan fingerprint density at radius 2 is 1.91 bits per heavy atom. The third-order valence-corrected chi connectivity index (χ3v) is 6.58. The molecule has 1 saturated carbocycles. The van der Waals surface area contributed by atoms with Crippen LogP contribution in [-0.4, -0.2) is 60.6 Å². The number of carbonyl (C=O) groups excluding carboxylic acids is 2. The maximum absolute atomic E-state index is 12.7. The molecule has 2 aliphatic rings. The van der Waals surface area contributed by atoms with Gasteiger partial charge in [0.15, 0.2) is 0 Å². The van der Waals surface area contributed by atoms with Gasteiger partial charge in [0.25, 0.3) is 0 Å². The molecule has 9 heteroatoms. The number of hydrogen-bond donors (Lipinski definition) is 3. The number of likely N-dealkylation sites (tertiary alicyclic amines) is 1. The summed E-state index contributed by atoms with van der Waals surface area (Å²) < 4.78 is 5.23. The van der Waals surface area contributed by atoms with Crippen LogP contribution in [0.15, 0.2) is 42.6 Å². The molecule has 1 aromatic carbocycles. The van der Waals surface area contributed by atoms with Crippen LogP contribution < -0.4 is 20.7 Å². The Morgan fingerprint density at radius 3 is 2.55 bits per heavy atom. The van der Waals surface area contributed by atoms with Gasteiger partial charge in [0, 0.05) is 47.5 Å². The average Bonchev–Trinajstić information content (AvgIpc) is 2.79. The van der Waals surface area contributed by atoms with E-state index in [1.54, 1.807) is 37.6 Å². The SMILES string of the molecule is COc1ccc([C@@H]2CN(CC(=O)NC3CCC3)CC[C@H]2NC(=O)Nc2ccc(Cl)cc2)nc1. The van der Waals surface area contributed by atoms with Crippen molar-refractivity contribution in [2.45, 2.75) is 43.7 Å². The van der Waals surface area contributed by atoms with Crippen molar-refractivity contribution < 1.29 is 14.3 Å². The number of halogens is 1. The van der Waals surface area contributed by atoms with Crippen LogP contribution in [0.1, 0.15) is 37.3 Å². The number of rotatable bonds is 7. The lowest BCUT2D eigenvalue weighted by molar-refractivity contribution is -0.123. The Labute approximate surface area is 199 Å². The van der Waals surface area contributed by atoms with Gasteiger partial charge in [-0.05, 0) is 62.1 Å². The Morgan fingerprint density at radius 1 is 1.12 bits per heavy atom. The van der Waals surface area contributed by atoms with E-state index in [9.17, 15) is 9.59 Å². The monoisotopic (exact) mass is 471 g/mol. The second kappa shape index (κ2) is 10.9. The molecule has 1 aliphatic carbocycles. The minimum atomic E-state index is -0.281. The first kappa shape index (κ1) is 23.3. The molecule has 1 aliphatic heterocycles. The molecule has 0 bridgehead atoms. The van der Waals surface area contributed by atoms with Gasteiger partial charge in [0.1, 0.15) is 5.75 Å². The minimum absolute atomic E-state index is 0.0582. The molecule has 176 valence electrons. The highest BCUT2D eigenvalue weighted by Crippen LogP contribution is 2.27. The molecule has 3 amide bonds. The third-order valence-electron chi connectivity index (χ3n) is 6.33. The van der Waals surface area contributed by atoms with E-state index in [2.05, 4.69) is 25.8 Å². The predicted molar refractivity (Wildman–Crippen MR) is 128 cm³/mol. The number of ether oxygens (including phenoxy) is 1. The Bertz CT molecular complexity index is 950. The molecule has 0 spiro atoms.